The minimum atomic E-state index is 0.645. The predicted molar refractivity (Wildman–Crippen MR) is 56.3 cm³/mol. The largest absolute Gasteiger partial charge is 0.317 e. The lowest BCUT2D eigenvalue weighted by Crippen LogP contribution is -2.30. The van der Waals surface area contributed by atoms with Gasteiger partial charge in [-0.3, -0.25) is 0 Å². The van der Waals surface area contributed by atoms with E-state index in [9.17, 15) is 0 Å². The van der Waals surface area contributed by atoms with Gasteiger partial charge in [-0.15, -0.1) is 0 Å². The summed E-state index contributed by atoms with van der Waals surface area (Å²) in [7, 11) is 2.04. The molecule has 0 aliphatic carbocycles. The first-order valence-electron chi connectivity index (χ1n) is 5.16. The summed E-state index contributed by atoms with van der Waals surface area (Å²) < 4.78 is 0. The van der Waals surface area contributed by atoms with Crippen LogP contribution in [0.3, 0.4) is 0 Å². The van der Waals surface area contributed by atoms with E-state index in [1.165, 1.54) is 6.42 Å². The van der Waals surface area contributed by atoms with E-state index in [-0.39, 0.29) is 0 Å². The molecule has 74 valence electrons. The lowest BCUT2D eigenvalue weighted by molar-refractivity contribution is 0.292. The minimum Gasteiger partial charge on any atom is -0.317 e. The summed E-state index contributed by atoms with van der Waals surface area (Å²) in [5.41, 5.74) is 0. The van der Waals surface area contributed by atoms with E-state index in [4.69, 9.17) is 0 Å². The predicted octanol–water partition coefficient (Wildman–Crippen LogP) is 2.91. The summed E-state index contributed by atoms with van der Waals surface area (Å²) in [5, 5.41) is 3.31. The van der Waals surface area contributed by atoms with E-state index < -0.39 is 0 Å². The van der Waals surface area contributed by atoms with Crippen molar-refractivity contribution in [1.29, 1.82) is 0 Å². The lowest BCUT2D eigenvalue weighted by atomic mass is 9.86. The molecule has 0 bridgehead atoms. The Balaban J connectivity index is 3.75. The van der Waals surface area contributed by atoms with Crippen LogP contribution in [0.25, 0.3) is 0 Å². The van der Waals surface area contributed by atoms with Crippen LogP contribution in [0, 0.1) is 17.8 Å². The fourth-order valence-corrected chi connectivity index (χ4v) is 1.35. The van der Waals surface area contributed by atoms with Crippen molar-refractivity contribution in [2.24, 2.45) is 17.8 Å². The van der Waals surface area contributed by atoms with E-state index in [1.807, 2.05) is 7.05 Å². The number of rotatable bonds is 5. The van der Waals surface area contributed by atoms with Crippen molar-refractivity contribution in [2.45, 2.75) is 47.1 Å². The van der Waals surface area contributed by atoms with Crippen LogP contribution in [0.4, 0.5) is 0 Å². The summed E-state index contributed by atoms with van der Waals surface area (Å²) in [6, 6.07) is 0.645. The zero-order valence-corrected chi connectivity index (χ0v) is 9.52. The fourth-order valence-electron chi connectivity index (χ4n) is 1.35. The molecule has 0 aliphatic heterocycles. The normalized spacial score (nSPS) is 19.2. The van der Waals surface area contributed by atoms with Crippen LogP contribution in [0.1, 0.15) is 41.0 Å². The molecular weight excluding hydrogens is 146 g/mol. The molecule has 0 rings (SSSR count). The Morgan fingerprint density at radius 2 is 1.42 bits per heavy atom. The maximum absolute atomic E-state index is 3.31. The molecule has 1 nitrogen and oxygen atoms in total. The molecule has 0 fully saturated rings. The quantitative estimate of drug-likeness (QED) is 0.670. The van der Waals surface area contributed by atoms with Crippen LogP contribution in [-0.2, 0) is 0 Å². The third-order valence-corrected chi connectivity index (χ3v) is 3.19. The highest BCUT2D eigenvalue weighted by atomic mass is 14.9. The zero-order chi connectivity index (χ0) is 9.72. The molecule has 0 aliphatic rings. The Morgan fingerprint density at radius 3 is 1.75 bits per heavy atom. The standard InChI is InChI=1S/C11H25N/c1-8(2)9(3)7-10(4)11(5)12-6/h8-12H,7H2,1-6H3. The summed E-state index contributed by atoms with van der Waals surface area (Å²) in [6.07, 6.45) is 1.33. The molecule has 0 aromatic heterocycles. The second kappa shape index (κ2) is 5.58. The summed E-state index contributed by atoms with van der Waals surface area (Å²) >= 11 is 0. The maximum Gasteiger partial charge on any atom is 0.00614 e. The first-order valence-corrected chi connectivity index (χ1v) is 5.16. The third kappa shape index (κ3) is 4.10. The van der Waals surface area contributed by atoms with Gasteiger partial charge in [0.25, 0.3) is 0 Å². The highest BCUT2D eigenvalue weighted by molar-refractivity contribution is 4.70. The van der Waals surface area contributed by atoms with Crippen LogP contribution >= 0.6 is 0 Å². The van der Waals surface area contributed by atoms with Crippen LogP contribution < -0.4 is 5.32 Å². The van der Waals surface area contributed by atoms with E-state index in [2.05, 4.69) is 39.9 Å². The van der Waals surface area contributed by atoms with E-state index >= 15 is 0 Å². The number of nitrogens with one attached hydrogen (secondary N) is 1. The molecule has 0 spiro atoms. The Morgan fingerprint density at radius 1 is 0.917 bits per heavy atom. The molecule has 0 radical (unpaired) electrons. The average molecular weight is 171 g/mol. The van der Waals surface area contributed by atoms with E-state index in [0.717, 1.165) is 17.8 Å². The molecule has 0 heterocycles. The van der Waals surface area contributed by atoms with Gasteiger partial charge in [-0.1, -0.05) is 27.7 Å². The molecule has 12 heavy (non-hydrogen) atoms. The Kier molecular flexibility index (Phi) is 5.56. The van der Waals surface area contributed by atoms with Crippen LogP contribution in [0.2, 0.25) is 0 Å². The minimum absolute atomic E-state index is 0.645. The van der Waals surface area contributed by atoms with Crippen molar-refractivity contribution < 1.29 is 0 Å². The van der Waals surface area contributed by atoms with Gasteiger partial charge in [-0.05, 0) is 38.1 Å². The van der Waals surface area contributed by atoms with E-state index in [1.54, 1.807) is 0 Å². The molecule has 0 saturated carbocycles. The number of hydrogen-bond acceptors (Lipinski definition) is 1. The van der Waals surface area contributed by atoms with Gasteiger partial charge in [0.2, 0.25) is 0 Å². The molecule has 0 saturated heterocycles. The maximum atomic E-state index is 3.31. The van der Waals surface area contributed by atoms with Crippen molar-refractivity contribution in [3.63, 3.8) is 0 Å². The Hall–Kier alpha value is -0.0400. The summed E-state index contributed by atoms with van der Waals surface area (Å²) in [6.45, 7) is 11.6. The van der Waals surface area contributed by atoms with Crippen LogP contribution in [-0.4, -0.2) is 13.1 Å². The fraction of sp³-hybridized carbons (Fsp3) is 1.00. The SMILES string of the molecule is CNC(C)C(C)CC(C)C(C)C. The smallest absolute Gasteiger partial charge is 0.00614 e. The van der Waals surface area contributed by atoms with Gasteiger partial charge in [-0.25, -0.2) is 0 Å². The highest BCUT2D eigenvalue weighted by Crippen LogP contribution is 2.21. The first kappa shape index (κ1) is 12.0. The molecular formula is C11H25N. The monoisotopic (exact) mass is 171 g/mol. The van der Waals surface area contributed by atoms with Gasteiger partial charge < -0.3 is 5.32 Å². The van der Waals surface area contributed by atoms with Crippen molar-refractivity contribution in [3.05, 3.63) is 0 Å². The van der Waals surface area contributed by atoms with Crippen molar-refractivity contribution in [1.82, 2.24) is 5.32 Å². The Labute approximate surface area is 77.9 Å². The zero-order valence-electron chi connectivity index (χ0n) is 9.52. The van der Waals surface area contributed by atoms with Gasteiger partial charge in [0.15, 0.2) is 0 Å². The van der Waals surface area contributed by atoms with Crippen LogP contribution in [0.5, 0.6) is 0 Å². The summed E-state index contributed by atoms with van der Waals surface area (Å²) in [4.78, 5) is 0. The molecule has 1 N–H and O–H groups in total. The third-order valence-electron chi connectivity index (χ3n) is 3.19. The average Bonchev–Trinajstić information content (AvgIpc) is 2.02. The topological polar surface area (TPSA) is 12.0 Å². The Bertz CT molecular complexity index is 110. The second-order valence-electron chi connectivity index (χ2n) is 4.51. The van der Waals surface area contributed by atoms with E-state index in [0.29, 0.717) is 6.04 Å². The summed E-state index contributed by atoms with van der Waals surface area (Å²) in [5.74, 6) is 2.44. The van der Waals surface area contributed by atoms with Crippen molar-refractivity contribution in [3.8, 4) is 0 Å². The van der Waals surface area contributed by atoms with Gasteiger partial charge in [0, 0.05) is 6.04 Å². The van der Waals surface area contributed by atoms with Crippen LogP contribution in [0.15, 0.2) is 0 Å². The molecule has 0 aromatic carbocycles. The molecule has 0 amide bonds. The molecule has 3 unspecified atom stereocenters. The van der Waals surface area contributed by atoms with Gasteiger partial charge in [0.1, 0.15) is 0 Å². The van der Waals surface area contributed by atoms with Crippen molar-refractivity contribution in [2.75, 3.05) is 7.05 Å². The molecule has 0 aromatic rings. The molecule has 1 heteroatoms. The van der Waals surface area contributed by atoms with Gasteiger partial charge in [0.05, 0.1) is 0 Å². The van der Waals surface area contributed by atoms with Gasteiger partial charge >= 0.3 is 0 Å². The first-order chi connectivity index (χ1) is 5.49. The van der Waals surface area contributed by atoms with Gasteiger partial charge in [-0.2, -0.15) is 0 Å². The highest BCUT2D eigenvalue weighted by Gasteiger charge is 2.15. The van der Waals surface area contributed by atoms with Crippen molar-refractivity contribution >= 4 is 0 Å². The lowest BCUT2D eigenvalue weighted by Gasteiger charge is -2.24. The number of hydrogen-bond donors (Lipinski definition) is 1. The second-order valence-corrected chi connectivity index (χ2v) is 4.51. The molecule has 3 atom stereocenters.